The molecule has 1 aromatic heterocycles. The summed E-state index contributed by atoms with van der Waals surface area (Å²) >= 11 is 0. The van der Waals surface area contributed by atoms with Gasteiger partial charge in [0.2, 0.25) is 0 Å². The Labute approximate surface area is 226 Å². The Morgan fingerprint density at radius 2 is 1.55 bits per heavy atom. The maximum atomic E-state index is 13.7. The van der Waals surface area contributed by atoms with E-state index in [1.807, 2.05) is 0 Å². The first-order valence-corrected chi connectivity index (χ1v) is 12.4. The number of halogens is 6. The smallest absolute Gasteiger partial charge is 0.416 e. The van der Waals surface area contributed by atoms with Crippen molar-refractivity contribution in [3.8, 4) is 22.6 Å². The molecule has 0 saturated heterocycles. The zero-order valence-electron chi connectivity index (χ0n) is 21.9. The summed E-state index contributed by atoms with van der Waals surface area (Å²) in [4.78, 5) is 14.3. The molecule has 0 radical (unpaired) electrons. The van der Waals surface area contributed by atoms with Gasteiger partial charge in [0.05, 0.1) is 18.2 Å². The molecule has 4 aromatic rings. The second-order valence-electron chi connectivity index (χ2n) is 8.95. The number of benzene rings is 3. The highest BCUT2D eigenvalue weighted by Gasteiger charge is 2.37. The first-order valence-electron chi connectivity index (χ1n) is 12.4. The Morgan fingerprint density at radius 3 is 2.12 bits per heavy atom. The van der Waals surface area contributed by atoms with Gasteiger partial charge in [0, 0.05) is 42.3 Å². The molecule has 0 bridgehead atoms. The molecule has 40 heavy (non-hydrogen) atoms. The summed E-state index contributed by atoms with van der Waals surface area (Å²) in [7, 11) is 1.51. The minimum Gasteiger partial charge on any atom is -0.497 e. The number of methoxy groups -OCH3 is 1. The lowest BCUT2D eigenvalue weighted by molar-refractivity contribution is -0.141. The summed E-state index contributed by atoms with van der Waals surface area (Å²) in [6.07, 6.45) is -8.73. The van der Waals surface area contributed by atoms with Crippen LogP contribution in [-0.4, -0.2) is 35.8 Å². The molecule has 5 nitrogen and oxygen atoms in total. The van der Waals surface area contributed by atoms with Crippen molar-refractivity contribution >= 4 is 17.0 Å². The third kappa shape index (κ3) is 5.88. The number of alkyl halides is 6. The molecule has 1 amide bonds. The third-order valence-corrected chi connectivity index (χ3v) is 6.59. The second-order valence-corrected chi connectivity index (χ2v) is 8.95. The van der Waals surface area contributed by atoms with E-state index in [2.05, 4.69) is 0 Å². The van der Waals surface area contributed by atoms with E-state index in [-0.39, 0.29) is 5.75 Å². The minimum atomic E-state index is -4.84. The van der Waals surface area contributed by atoms with Crippen LogP contribution in [0.3, 0.4) is 0 Å². The van der Waals surface area contributed by atoms with Gasteiger partial charge in [0.25, 0.3) is 0 Å². The summed E-state index contributed by atoms with van der Waals surface area (Å²) in [6.45, 7) is 3.99. The SMILES string of the molecule is CCN(CC)C(=O)Oc1ccc2c(ccn2Cc2cc(C(F)(F)F)ccc2C(F)(F)F)c1-c1ccc(OC)cc1. The monoisotopic (exact) mass is 564 g/mol. The van der Waals surface area contributed by atoms with Crippen molar-refractivity contribution in [2.45, 2.75) is 32.7 Å². The van der Waals surface area contributed by atoms with Gasteiger partial charge in [-0.25, -0.2) is 4.79 Å². The Kier molecular flexibility index (Phi) is 8.04. The van der Waals surface area contributed by atoms with Crippen LogP contribution in [0.1, 0.15) is 30.5 Å². The molecule has 0 N–H and O–H groups in total. The molecular formula is C29H26F6N2O3. The van der Waals surface area contributed by atoms with Crippen LogP contribution in [0, 0.1) is 0 Å². The number of hydrogen-bond acceptors (Lipinski definition) is 3. The van der Waals surface area contributed by atoms with Gasteiger partial charge in [-0.2, -0.15) is 26.3 Å². The van der Waals surface area contributed by atoms with Crippen LogP contribution in [0.5, 0.6) is 11.5 Å². The van der Waals surface area contributed by atoms with E-state index in [0.717, 1.165) is 0 Å². The van der Waals surface area contributed by atoms with E-state index in [1.165, 1.54) is 28.8 Å². The Balaban J connectivity index is 1.86. The molecule has 3 aromatic carbocycles. The predicted octanol–water partition coefficient (Wildman–Crippen LogP) is 8.24. The number of aromatic nitrogens is 1. The van der Waals surface area contributed by atoms with Crippen LogP contribution in [-0.2, 0) is 18.9 Å². The van der Waals surface area contributed by atoms with E-state index in [0.29, 0.717) is 59.1 Å². The van der Waals surface area contributed by atoms with E-state index in [4.69, 9.17) is 9.47 Å². The van der Waals surface area contributed by atoms with Gasteiger partial charge in [-0.3, -0.25) is 0 Å². The maximum Gasteiger partial charge on any atom is 0.416 e. The molecule has 0 aliphatic rings. The number of carbonyl (C=O) groups is 1. The molecule has 0 saturated carbocycles. The van der Waals surface area contributed by atoms with E-state index in [1.54, 1.807) is 50.2 Å². The molecule has 0 fully saturated rings. The molecule has 0 unspecified atom stereocenters. The van der Waals surface area contributed by atoms with Crippen molar-refractivity contribution in [1.29, 1.82) is 0 Å². The van der Waals surface area contributed by atoms with Crippen molar-refractivity contribution in [2.75, 3.05) is 20.2 Å². The van der Waals surface area contributed by atoms with E-state index >= 15 is 0 Å². The first-order chi connectivity index (χ1) is 18.9. The van der Waals surface area contributed by atoms with Crippen LogP contribution in [0.2, 0.25) is 0 Å². The fourth-order valence-corrected chi connectivity index (χ4v) is 4.53. The van der Waals surface area contributed by atoms with Gasteiger partial charge in [-0.15, -0.1) is 0 Å². The molecule has 4 rings (SSSR count). The lowest BCUT2D eigenvalue weighted by Gasteiger charge is -2.20. The summed E-state index contributed by atoms with van der Waals surface area (Å²) in [5, 5.41) is 0.538. The number of hydrogen-bond donors (Lipinski definition) is 0. The van der Waals surface area contributed by atoms with Crippen LogP contribution >= 0.6 is 0 Å². The highest BCUT2D eigenvalue weighted by atomic mass is 19.4. The lowest BCUT2D eigenvalue weighted by Crippen LogP contribution is -2.33. The van der Waals surface area contributed by atoms with Crippen molar-refractivity contribution in [1.82, 2.24) is 9.47 Å². The molecule has 212 valence electrons. The number of amides is 1. The normalized spacial score (nSPS) is 12.0. The van der Waals surface area contributed by atoms with Crippen molar-refractivity contribution in [2.24, 2.45) is 0 Å². The lowest BCUT2D eigenvalue weighted by atomic mass is 10.00. The molecule has 0 spiro atoms. The molecule has 0 aliphatic heterocycles. The van der Waals surface area contributed by atoms with E-state index in [9.17, 15) is 31.1 Å². The van der Waals surface area contributed by atoms with Crippen molar-refractivity contribution in [3.63, 3.8) is 0 Å². The third-order valence-electron chi connectivity index (χ3n) is 6.59. The standard InChI is InChI=1S/C29H26F6N2O3/c1-4-36(5-2)27(38)40-25-13-12-24-22(26(25)18-6-9-21(39-3)10-7-18)14-15-37(24)17-19-16-20(28(30,31)32)8-11-23(19)29(33,34)35/h6-16H,4-5,17H2,1-3H3. The molecular weight excluding hydrogens is 538 g/mol. The highest BCUT2D eigenvalue weighted by molar-refractivity contribution is 5.99. The largest absolute Gasteiger partial charge is 0.497 e. The second kappa shape index (κ2) is 11.1. The van der Waals surface area contributed by atoms with Gasteiger partial charge in [-0.1, -0.05) is 12.1 Å². The fraction of sp³-hybridized carbons (Fsp3) is 0.276. The van der Waals surface area contributed by atoms with Crippen LogP contribution in [0.15, 0.2) is 66.9 Å². The summed E-state index contributed by atoms with van der Waals surface area (Å²) < 4.78 is 93.5. The van der Waals surface area contributed by atoms with Crippen molar-refractivity contribution < 1.29 is 40.6 Å². The molecule has 0 aliphatic carbocycles. The average molecular weight is 565 g/mol. The highest BCUT2D eigenvalue weighted by Crippen LogP contribution is 2.40. The Hall–Kier alpha value is -4.15. The number of carbonyl (C=O) groups excluding carboxylic acids is 1. The van der Waals surface area contributed by atoms with Crippen LogP contribution in [0.4, 0.5) is 31.1 Å². The van der Waals surface area contributed by atoms with Gasteiger partial charge < -0.3 is 18.9 Å². The summed E-state index contributed by atoms with van der Waals surface area (Å²) in [5.74, 6) is 0.807. The zero-order valence-corrected chi connectivity index (χ0v) is 21.9. The first kappa shape index (κ1) is 28.8. The topological polar surface area (TPSA) is 43.7 Å². The van der Waals surface area contributed by atoms with Gasteiger partial charge in [0.15, 0.2) is 0 Å². The van der Waals surface area contributed by atoms with Gasteiger partial charge >= 0.3 is 18.4 Å². The van der Waals surface area contributed by atoms with Gasteiger partial charge in [0.1, 0.15) is 11.5 Å². The minimum absolute atomic E-state index is 0.224. The van der Waals surface area contributed by atoms with Crippen LogP contribution < -0.4 is 9.47 Å². The Bertz CT molecular complexity index is 1500. The van der Waals surface area contributed by atoms with Gasteiger partial charge in [-0.05, 0) is 73.5 Å². The van der Waals surface area contributed by atoms with Crippen LogP contribution in [0.25, 0.3) is 22.0 Å². The maximum absolute atomic E-state index is 13.7. The number of ether oxygens (including phenoxy) is 2. The summed E-state index contributed by atoms with van der Waals surface area (Å²) in [5.41, 5.74) is -1.26. The summed E-state index contributed by atoms with van der Waals surface area (Å²) in [6, 6.07) is 13.0. The zero-order chi connectivity index (χ0) is 29.2. The Morgan fingerprint density at radius 1 is 0.875 bits per heavy atom. The molecule has 0 atom stereocenters. The van der Waals surface area contributed by atoms with E-state index < -0.39 is 41.7 Å². The molecule has 11 heteroatoms. The number of fused-ring (bicyclic) bond motifs is 1. The number of nitrogens with zero attached hydrogens (tertiary/aromatic N) is 2. The average Bonchev–Trinajstić information content (AvgIpc) is 3.30. The molecule has 1 heterocycles. The number of rotatable bonds is 7. The quantitative estimate of drug-likeness (QED) is 0.212. The fourth-order valence-electron chi connectivity index (χ4n) is 4.53. The predicted molar refractivity (Wildman–Crippen MR) is 138 cm³/mol. The van der Waals surface area contributed by atoms with Crippen molar-refractivity contribution in [3.05, 3.63) is 83.6 Å².